The number of aliphatic hydroxyl groups excluding tert-OH is 1. The molecular weight excluding hydrogens is 410 g/mol. The Kier molecular flexibility index (Phi) is 7.89. The van der Waals surface area contributed by atoms with Crippen LogP contribution in [0.15, 0.2) is 54.1 Å². The number of nitrogens with zero attached hydrogens (tertiary/aromatic N) is 1. The number of likely N-dealkylation sites (tertiary alicyclic amines) is 1. The van der Waals surface area contributed by atoms with E-state index in [0.29, 0.717) is 48.8 Å². The average molecular weight is 440 g/mol. The van der Waals surface area contributed by atoms with E-state index in [1.807, 2.05) is 13.0 Å². The van der Waals surface area contributed by atoms with Gasteiger partial charge in [0.1, 0.15) is 17.3 Å². The van der Waals surface area contributed by atoms with Gasteiger partial charge in [-0.05, 0) is 42.7 Å². The molecule has 0 aromatic heterocycles. The van der Waals surface area contributed by atoms with Gasteiger partial charge in [0.15, 0.2) is 0 Å². The number of amides is 1. The van der Waals surface area contributed by atoms with Gasteiger partial charge in [-0.2, -0.15) is 0 Å². The van der Waals surface area contributed by atoms with E-state index in [1.165, 1.54) is 4.90 Å². The smallest absolute Gasteiger partial charge is 0.295 e. The lowest BCUT2D eigenvalue weighted by Crippen LogP contribution is -2.31. The van der Waals surface area contributed by atoms with Crippen LogP contribution < -0.4 is 9.47 Å². The van der Waals surface area contributed by atoms with Crippen molar-refractivity contribution in [2.24, 2.45) is 0 Å². The molecule has 1 fully saturated rings. The summed E-state index contributed by atoms with van der Waals surface area (Å²) in [7, 11) is 3.14. The summed E-state index contributed by atoms with van der Waals surface area (Å²) in [6.07, 6.45) is 1.41. The van der Waals surface area contributed by atoms with Gasteiger partial charge >= 0.3 is 0 Å². The Hall–Kier alpha value is -3.32. The number of ketones is 1. The van der Waals surface area contributed by atoms with Gasteiger partial charge in [-0.25, -0.2) is 0 Å². The predicted molar refractivity (Wildman–Crippen MR) is 121 cm³/mol. The third-order valence-electron chi connectivity index (χ3n) is 5.28. The fourth-order valence-electron chi connectivity index (χ4n) is 3.76. The Morgan fingerprint density at radius 3 is 2.50 bits per heavy atom. The minimum Gasteiger partial charge on any atom is -0.507 e. The molecule has 1 aliphatic heterocycles. The Balaban J connectivity index is 2.09. The van der Waals surface area contributed by atoms with Crippen molar-refractivity contribution >= 4 is 17.4 Å². The van der Waals surface area contributed by atoms with Crippen LogP contribution in [0.5, 0.6) is 11.5 Å². The average Bonchev–Trinajstić information content (AvgIpc) is 3.07. The highest BCUT2D eigenvalue weighted by molar-refractivity contribution is 6.46. The van der Waals surface area contributed by atoms with E-state index < -0.39 is 17.7 Å². The van der Waals surface area contributed by atoms with E-state index in [0.717, 1.165) is 6.42 Å². The van der Waals surface area contributed by atoms with Crippen molar-refractivity contribution in [1.82, 2.24) is 4.90 Å². The molecule has 0 aliphatic carbocycles. The van der Waals surface area contributed by atoms with E-state index in [9.17, 15) is 14.7 Å². The number of rotatable bonds is 10. The van der Waals surface area contributed by atoms with Crippen molar-refractivity contribution < 1.29 is 28.9 Å². The lowest BCUT2D eigenvalue weighted by molar-refractivity contribution is -0.140. The first kappa shape index (κ1) is 23.3. The molecule has 1 unspecified atom stereocenters. The van der Waals surface area contributed by atoms with Gasteiger partial charge in [0.2, 0.25) is 0 Å². The molecule has 1 amide bonds. The highest BCUT2D eigenvalue weighted by atomic mass is 16.5. The first-order chi connectivity index (χ1) is 15.5. The van der Waals surface area contributed by atoms with Crippen LogP contribution in [0.3, 0.4) is 0 Å². The highest BCUT2D eigenvalue weighted by Gasteiger charge is 2.45. The first-order valence-corrected chi connectivity index (χ1v) is 10.7. The number of hydrogen-bond acceptors (Lipinski definition) is 6. The number of aliphatic hydroxyl groups is 1. The molecule has 0 radical (unpaired) electrons. The van der Waals surface area contributed by atoms with Crippen LogP contribution in [0.25, 0.3) is 5.76 Å². The Labute approximate surface area is 188 Å². The molecule has 7 nitrogen and oxygen atoms in total. The van der Waals surface area contributed by atoms with Crippen molar-refractivity contribution in [2.45, 2.75) is 25.8 Å². The van der Waals surface area contributed by atoms with E-state index in [4.69, 9.17) is 14.2 Å². The topological polar surface area (TPSA) is 85.3 Å². The summed E-state index contributed by atoms with van der Waals surface area (Å²) in [5.74, 6) is -0.406. The molecule has 0 spiro atoms. The van der Waals surface area contributed by atoms with Gasteiger partial charge in [0.25, 0.3) is 11.7 Å². The number of benzene rings is 2. The second kappa shape index (κ2) is 10.8. The molecule has 2 aromatic rings. The predicted octanol–water partition coefficient (Wildman–Crippen LogP) is 3.94. The summed E-state index contributed by atoms with van der Waals surface area (Å²) in [5, 5.41) is 11.2. The van der Waals surface area contributed by atoms with Crippen LogP contribution in [-0.4, -0.2) is 55.7 Å². The SMILES string of the molecule is CCCOc1cccc(/C(O)=C2\C(=O)C(=O)N(CCCOC)C2c2cccc(OC)c2)c1. The molecule has 1 heterocycles. The molecular formula is C25H29NO6. The molecule has 1 atom stereocenters. The maximum absolute atomic E-state index is 13.1. The van der Waals surface area contributed by atoms with Gasteiger partial charge in [-0.15, -0.1) is 0 Å². The quantitative estimate of drug-likeness (QED) is 0.261. The van der Waals surface area contributed by atoms with Crippen LogP contribution in [0, 0.1) is 0 Å². The van der Waals surface area contributed by atoms with Crippen molar-refractivity contribution in [2.75, 3.05) is 34.0 Å². The molecule has 0 saturated carbocycles. The van der Waals surface area contributed by atoms with Crippen molar-refractivity contribution in [3.8, 4) is 11.5 Å². The highest BCUT2D eigenvalue weighted by Crippen LogP contribution is 2.40. The minimum absolute atomic E-state index is 0.0494. The minimum atomic E-state index is -0.734. The fraction of sp³-hybridized carbons (Fsp3) is 0.360. The molecule has 7 heteroatoms. The standard InChI is InChI=1S/C25H29NO6/c1-4-13-32-20-11-6-9-18(16-20)23(27)21-22(17-8-5-10-19(15-17)31-3)26(12-7-14-30-2)25(29)24(21)28/h5-6,8-11,15-16,22,27H,4,7,12-14H2,1-3H3/b23-21+. The fourth-order valence-corrected chi connectivity index (χ4v) is 3.76. The van der Waals surface area contributed by atoms with Gasteiger partial charge in [0.05, 0.1) is 25.3 Å². The third kappa shape index (κ3) is 4.94. The van der Waals surface area contributed by atoms with Crippen molar-refractivity contribution in [1.29, 1.82) is 0 Å². The molecule has 2 aromatic carbocycles. The van der Waals surface area contributed by atoms with E-state index in [1.54, 1.807) is 56.7 Å². The largest absolute Gasteiger partial charge is 0.507 e. The first-order valence-electron chi connectivity index (χ1n) is 10.7. The lowest BCUT2D eigenvalue weighted by atomic mass is 9.95. The maximum Gasteiger partial charge on any atom is 0.295 e. The summed E-state index contributed by atoms with van der Waals surface area (Å²) in [6, 6.07) is 13.3. The molecule has 3 rings (SSSR count). The van der Waals surface area contributed by atoms with Crippen LogP contribution in [-0.2, 0) is 14.3 Å². The molecule has 1 aliphatic rings. The Morgan fingerprint density at radius 2 is 1.78 bits per heavy atom. The summed E-state index contributed by atoms with van der Waals surface area (Å²) < 4.78 is 16.1. The number of methoxy groups -OCH3 is 2. The van der Waals surface area contributed by atoms with Gasteiger partial charge < -0.3 is 24.2 Å². The van der Waals surface area contributed by atoms with Crippen LogP contribution >= 0.6 is 0 Å². The number of hydrogen-bond donors (Lipinski definition) is 1. The van der Waals surface area contributed by atoms with Crippen molar-refractivity contribution in [3.63, 3.8) is 0 Å². The molecule has 32 heavy (non-hydrogen) atoms. The normalized spacial score (nSPS) is 17.6. The Bertz CT molecular complexity index is 999. The van der Waals surface area contributed by atoms with Crippen LogP contribution in [0.2, 0.25) is 0 Å². The van der Waals surface area contributed by atoms with E-state index in [-0.39, 0.29) is 11.3 Å². The Morgan fingerprint density at radius 1 is 1.03 bits per heavy atom. The second-order valence-electron chi connectivity index (χ2n) is 7.49. The van der Waals surface area contributed by atoms with Crippen LogP contribution in [0.1, 0.15) is 36.9 Å². The number of carbonyl (C=O) groups is 2. The van der Waals surface area contributed by atoms with E-state index in [2.05, 4.69) is 0 Å². The number of ether oxygens (including phenoxy) is 3. The van der Waals surface area contributed by atoms with Gasteiger partial charge in [0, 0.05) is 25.8 Å². The molecule has 1 saturated heterocycles. The number of carbonyl (C=O) groups excluding carboxylic acids is 2. The van der Waals surface area contributed by atoms with Crippen molar-refractivity contribution in [3.05, 3.63) is 65.2 Å². The van der Waals surface area contributed by atoms with Gasteiger partial charge in [-0.1, -0.05) is 31.2 Å². The summed E-state index contributed by atoms with van der Waals surface area (Å²) in [4.78, 5) is 27.5. The summed E-state index contributed by atoms with van der Waals surface area (Å²) in [6.45, 7) is 3.31. The van der Waals surface area contributed by atoms with Gasteiger partial charge in [-0.3, -0.25) is 9.59 Å². The molecule has 1 N–H and O–H groups in total. The molecule has 170 valence electrons. The third-order valence-corrected chi connectivity index (χ3v) is 5.28. The summed E-state index contributed by atoms with van der Waals surface area (Å²) in [5.41, 5.74) is 1.15. The lowest BCUT2D eigenvalue weighted by Gasteiger charge is -2.25. The zero-order valence-corrected chi connectivity index (χ0v) is 18.7. The number of Topliss-reactive ketones (excluding diaryl/α,β-unsaturated/α-hetero) is 1. The zero-order valence-electron chi connectivity index (χ0n) is 18.7. The molecule has 0 bridgehead atoms. The monoisotopic (exact) mass is 439 g/mol. The summed E-state index contributed by atoms with van der Waals surface area (Å²) >= 11 is 0. The van der Waals surface area contributed by atoms with E-state index >= 15 is 0 Å². The van der Waals surface area contributed by atoms with Crippen LogP contribution in [0.4, 0.5) is 0 Å². The zero-order chi connectivity index (χ0) is 23.1. The second-order valence-corrected chi connectivity index (χ2v) is 7.49. The maximum atomic E-state index is 13.1.